The van der Waals surface area contributed by atoms with Crippen LogP contribution in [-0.2, 0) is 9.47 Å². The van der Waals surface area contributed by atoms with Gasteiger partial charge in [-0.2, -0.15) is 0 Å². The summed E-state index contributed by atoms with van der Waals surface area (Å²) in [5, 5.41) is 32.2. The number of aliphatic hydroxyl groups excluding tert-OH is 2. The average Bonchev–Trinajstić information content (AvgIpc) is 2.71. The number of anilines is 1. The summed E-state index contributed by atoms with van der Waals surface area (Å²) >= 11 is 0. The van der Waals surface area contributed by atoms with Gasteiger partial charge in [0.05, 0.1) is 36.0 Å². The monoisotopic (exact) mass is 397 g/mol. The molecule has 1 aliphatic heterocycles. The standard InChI is InChI=1S/C18H27N3O7/c22-9-7-20(8-10-23)16-5-4-14(21(25)26)13-15(16)18(24)19-6-12-28-17-3-1-2-11-27-17/h4-5,13,17,22-23H,1-3,6-12H2,(H,19,24). The van der Waals surface area contributed by atoms with Crippen LogP contribution in [0.4, 0.5) is 11.4 Å². The highest BCUT2D eigenvalue weighted by atomic mass is 16.7. The largest absolute Gasteiger partial charge is 0.395 e. The molecule has 1 aliphatic rings. The Balaban J connectivity index is 2.05. The third-order valence-electron chi connectivity index (χ3n) is 4.35. The number of nitrogens with zero attached hydrogens (tertiary/aromatic N) is 2. The van der Waals surface area contributed by atoms with Gasteiger partial charge >= 0.3 is 0 Å². The van der Waals surface area contributed by atoms with Gasteiger partial charge in [-0.25, -0.2) is 0 Å². The summed E-state index contributed by atoms with van der Waals surface area (Å²) in [6.07, 6.45) is 2.62. The molecular weight excluding hydrogens is 370 g/mol. The normalized spacial score (nSPS) is 16.6. The minimum absolute atomic E-state index is 0.102. The molecule has 0 bridgehead atoms. The second kappa shape index (κ2) is 11.5. The number of nitrogens with one attached hydrogen (secondary N) is 1. The summed E-state index contributed by atoms with van der Waals surface area (Å²) in [5.74, 6) is -0.493. The third kappa shape index (κ3) is 6.41. The minimum atomic E-state index is -0.577. The van der Waals surface area contributed by atoms with Gasteiger partial charge in [0.25, 0.3) is 11.6 Å². The smallest absolute Gasteiger partial charge is 0.270 e. The van der Waals surface area contributed by atoms with Gasteiger partial charge in [0.1, 0.15) is 0 Å². The number of carbonyl (C=O) groups excluding carboxylic acids is 1. The molecule has 28 heavy (non-hydrogen) atoms. The summed E-state index contributed by atoms with van der Waals surface area (Å²) in [5.41, 5.74) is 0.293. The Bertz CT molecular complexity index is 644. The molecule has 1 aromatic carbocycles. The summed E-state index contributed by atoms with van der Waals surface area (Å²) in [6.45, 7) is 1.14. The van der Waals surface area contributed by atoms with Gasteiger partial charge in [-0.1, -0.05) is 0 Å². The maximum Gasteiger partial charge on any atom is 0.270 e. The van der Waals surface area contributed by atoms with Crippen LogP contribution in [0.3, 0.4) is 0 Å². The molecule has 1 fully saturated rings. The second-order valence-electron chi connectivity index (χ2n) is 6.32. The first-order valence-corrected chi connectivity index (χ1v) is 9.33. The maximum atomic E-state index is 12.6. The van der Waals surface area contributed by atoms with E-state index in [0.717, 1.165) is 19.3 Å². The van der Waals surface area contributed by atoms with Gasteiger partial charge in [-0.05, 0) is 25.3 Å². The molecule has 10 nitrogen and oxygen atoms in total. The summed E-state index contributed by atoms with van der Waals surface area (Å²) < 4.78 is 11.0. The number of ether oxygens (including phenoxy) is 2. The van der Waals surface area contributed by atoms with E-state index in [1.54, 1.807) is 4.90 Å². The van der Waals surface area contributed by atoms with Crippen LogP contribution in [0.1, 0.15) is 29.6 Å². The molecular formula is C18H27N3O7. The molecule has 3 N–H and O–H groups in total. The number of hydrogen-bond donors (Lipinski definition) is 3. The minimum Gasteiger partial charge on any atom is -0.395 e. The van der Waals surface area contributed by atoms with E-state index in [1.807, 2.05) is 0 Å². The molecule has 1 unspecified atom stereocenters. The highest BCUT2D eigenvalue weighted by Gasteiger charge is 2.20. The number of aliphatic hydroxyl groups is 2. The molecule has 156 valence electrons. The van der Waals surface area contributed by atoms with E-state index in [-0.39, 0.29) is 57.0 Å². The van der Waals surface area contributed by atoms with Crippen LogP contribution in [0.15, 0.2) is 18.2 Å². The van der Waals surface area contributed by atoms with E-state index < -0.39 is 10.8 Å². The lowest BCUT2D eigenvalue weighted by Crippen LogP contribution is -2.34. The molecule has 1 aromatic rings. The highest BCUT2D eigenvalue weighted by Crippen LogP contribution is 2.25. The van der Waals surface area contributed by atoms with Crippen molar-refractivity contribution in [2.45, 2.75) is 25.6 Å². The molecule has 1 heterocycles. The van der Waals surface area contributed by atoms with Gasteiger partial charge in [0, 0.05) is 38.4 Å². The number of non-ortho nitro benzene ring substituents is 1. The van der Waals surface area contributed by atoms with Crippen molar-refractivity contribution < 1.29 is 29.4 Å². The molecule has 0 radical (unpaired) electrons. The number of amides is 1. The van der Waals surface area contributed by atoms with Crippen LogP contribution in [0.2, 0.25) is 0 Å². The number of benzene rings is 1. The number of nitro benzene ring substituents is 1. The number of hydrogen-bond acceptors (Lipinski definition) is 8. The summed E-state index contributed by atoms with van der Waals surface area (Å²) in [4.78, 5) is 24.7. The van der Waals surface area contributed by atoms with Crippen LogP contribution in [0, 0.1) is 10.1 Å². The van der Waals surface area contributed by atoms with Crippen LogP contribution >= 0.6 is 0 Å². The van der Waals surface area contributed by atoms with Gasteiger partial charge in [0.2, 0.25) is 0 Å². The van der Waals surface area contributed by atoms with Crippen molar-refractivity contribution in [3.8, 4) is 0 Å². The van der Waals surface area contributed by atoms with E-state index in [1.165, 1.54) is 18.2 Å². The van der Waals surface area contributed by atoms with Crippen molar-refractivity contribution in [2.24, 2.45) is 0 Å². The lowest BCUT2D eigenvalue weighted by molar-refractivity contribution is -0.384. The summed E-state index contributed by atoms with van der Waals surface area (Å²) in [6, 6.07) is 3.93. The van der Waals surface area contributed by atoms with E-state index in [9.17, 15) is 25.1 Å². The van der Waals surface area contributed by atoms with Gasteiger partial charge in [-0.3, -0.25) is 14.9 Å². The van der Waals surface area contributed by atoms with E-state index in [2.05, 4.69) is 5.32 Å². The van der Waals surface area contributed by atoms with Crippen LogP contribution in [-0.4, -0.2) is 73.4 Å². The van der Waals surface area contributed by atoms with Crippen molar-refractivity contribution in [1.29, 1.82) is 0 Å². The maximum absolute atomic E-state index is 12.6. The fraction of sp³-hybridized carbons (Fsp3) is 0.611. The van der Waals surface area contributed by atoms with Crippen molar-refractivity contribution >= 4 is 17.3 Å². The Morgan fingerprint density at radius 3 is 2.68 bits per heavy atom. The van der Waals surface area contributed by atoms with Crippen molar-refractivity contribution in [3.63, 3.8) is 0 Å². The Morgan fingerprint density at radius 1 is 1.32 bits per heavy atom. The lowest BCUT2D eigenvalue weighted by Gasteiger charge is -2.25. The lowest BCUT2D eigenvalue weighted by atomic mass is 10.1. The SMILES string of the molecule is O=C(NCCOC1CCCCO1)c1cc([N+](=O)[O-])ccc1N(CCO)CCO. The first kappa shape index (κ1) is 22.0. The van der Waals surface area contributed by atoms with Crippen LogP contribution in [0.25, 0.3) is 0 Å². The Hall–Kier alpha value is -2.27. The zero-order valence-corrected chi connectivity index (χ0v) is 15.7. The zero-order valence-electron chi connectivity index (χ0n) is 15.7. The van der Waals surface area contributed by atoms with E-state index >= 15 is 0 Å². The average molecular weight is 397 g/mol. The fourth-order valence-corrected chi connectivity index (χ4v) is 2.98. The molecule has 1 amide bonds. The van der Waals surface area contributed by atoms with Gasteiger partial charge < -0.3 is 29.9 Å². The van der Waals surface area contributed by atoms with Crippen LogP contribution in [0.5, 0.6) is 0 Å². The van der Waals surface area contributed by atoms with Gasteiger partial charge in [0.15, 0.2) is 6.29 Å². The highest BCUT2D eigenvalue weighted by molar-refractivity contribution is 6.00. The second-order valence-corrected chi connectivity index (χ2v) is 6.32. The Morgan fingerprint density at radius 2 is 2.07 bits per heavy atom. The van der Waals surface area contributed by atoms with Crippen molar-refractivity contribution in [1.82, 2.24) is 5.32 Å². The van der Waals surface area contributed by atoms with Crippen molar-refractivity contribution in [3.05, 3.63) is 33.9 Å². The quantitative estimate of drug-likeness (QED) is 0.282. The zero-order chi connectivity index (χ0) is 20.4. The molecule has 10 heteroatoms. The first-order valence-electron chi connectivity index (χ1n) is 9.33. The first-order chi connectivity index (χ1) is 13.6. The summed E-state index contributed by atoms with van der Waals surface area (Å²) in [7, 11) is 0. The number of nitro groups is 1. The molecule has 0 saturated carbocycles. The Kier molecular flexibility index (Phi) is 9.08. The van der Waals surface area contributed by atoms with Crippen LogP contribution < -0.4 is 10.2 Å². The third-order valence-corrected chi connectivity index (χ3v) is 4.35. The Labute approximate surface area is 163 Å². The van der Waals surface area contributed by atoms with E-state index in [4.69, 9.17) is 9.47 Å². The number of carbonyl (C=O) groups is 1. The molecule has 2 rings (SSSR count). The molecule has 0 aromatic heterocycles. The molecule has 1 atom stereocenters. The molecule has 0 aliphatic carbocycles. The predicted molar refractivity (Wildman–Crippen MR) is 101 cm³/mol. The molecule has 1 saturated heterocycles. The predicted octanol–water partition coefficient (Wildman–Crippen LogP) is 0.659. The van der Waals surface area contributed by atoms with E-state index in [0.29, 0.717) is 12.3 Å². The van der Waals surface area contributed by atoms with Crippen molar-refractivity contribution in [2.75, 3.05) is 51.0 Å². The number of rotatable bonds is 11. The molecule has 0 spiro atoms. The fourth-order valence-electron chi connectivity index (χ4n) is 2.98. The van der Waals surface area contributed by atoms with Gasteiger partial charge in [-0.15, -0.1) is 0 Å². The topological polar surface area (TPSA) is 134 Å².